The van der Waals surface area contributed by atoms with Crippen LogP contribution in [0.5, 0.6) is 5.75 Å². The molecule has 0 saturated heterocycles. The van der Waals surface area contributed by atoms with E-state index in [-0.39, 0.29) is 5.91 Å². The number of fused-ring (bicyclic) bond motifs is 1. The van der Waals surface area contributed by atoms with Crippen LogP contribution >= 0.6 is 0 Å². The van der Waals surface area contributed by atoms with Gasteiger partial charge in [0.05, 0.1) is 6.20 Å². The van der Waals surface area contributed by atoms with Crippen LogP contribution in [0.2, 0.25) is 0 Å². The van der Waals surface area contributed by atoms with Gasteiger partial charge in [-0.2, -0.15) is 5.10 Å². The minimum absolute atomic E-state index is 0.223. The van der Waals surface area contributed by atoms with Crippen molar-refractivity contribution in [2.45, 2.75) is 13.5 Å². The lowest BCUT2D eigenvalue weighted by Gasteiger charge is -2.11. The highest BCUT2D eigenvalue weighted by Crippen LogP contribution is 2.19. The van der Waals surface area contributed by atoms with Crippen molar-refractivity contribution in [2.75, 3.05) is 5.32 Å². The highest BCUT2D eigenvalue weighted by molar-refractivity contribution is 6.06. The average molecular weight is 358 g/mol. The van der Waals surface area contributed by atoms with Gasteiger partial charge in [0.1, 0.15) is 18.0 Å². The molecule has 0 unspecified atom stereocenters. The number of carbonyl (C=O) groups excluding carboxylic acids is 1. The van der Waals surface area contributed by atoms with Gasteiger partial charge in [0.2, 0.25) is 0 Å². The zero-order valence-electron chi connectivity index (χ0n) is 14.8. The highest BCUT2D eigenvalue weighted by atomic mass is 16.5. The Morgan fingerprint density at radius 2 is 1.85 bits per heavy atom. The Labute approximate surface area is 156 Å². The largest absolute Gasteiger partial charge is 0.489 e. The van der Waals surface area contributed by atoms with Crippen LogP contribution in [-0.4, -0.2) is 20.5 Å². The Hall–Kier alpha value is -3.67. The Morgan fingerprint density at radius 3 is 2.70 bits per heavy atom. The van der Waals surface area contributed by atoms with E-state index in [2.05, 4.69) is 15.4 Å². The molecule has 2 heterocycles. The molecule has 2 aromatic carbocycles. The van der Waals surface area contributed by atoms with Crippen molar-refractivity contribution >= 4 is 17.2 Å². The molecule has 1 N–H and O–H groups in total. The van der Waals surface area contributed by atoms with E-state index >= 15 is 0 Å². The summed E-state index contributed by atoms with van der Waals surface area (Å²) in [5.41, 5.74) is 3.52. The molecule has 6 heteroatoms. The molecule has 0 aliphatic heterocycles. The Balaban J connectivity index is 1.55. The maximum atomic E-state index is 12.8. The number of carbonyl (C=O) groups is 1. The summed E-state index contributed by atoms with van der Waals surface area (Å²) in [5.74, 6) is 0.537. The van der Waals surface area contributed by atoms with E-state index in [0.29, 0.717) is 23.5 Å². The second-order valence-electron chi connectivity index (χ2n) is 6.17. The zero-order chi connectivity index (χ0) is 18.6. The fourth-order valence-corrected chi connectivity index (χ4v) is 2.79. The van der Waals surface area contributed by atoms with Crippen LogP contribution in [0.3, 0.4) is 0 Å². The maximum Gasteiger partial charge on any atom is 0.256 e. The Kier molecular flexibility index (Phi) is 4.53. The van der Waals surface area contributed by atoms with Gasteiger partial charge in [-0.3, -0.25) is 4.79 Å². The maximum absolute atomic E-state index is 12.8. The van der Waals surface area contributed by atoms with Crippen LogP contribution < -0.4 is 10.1 Å². The number of aromatic nitrogens is 3. The lowest BCUT2D eigenvalue weighted by molar-refractivity contribution is 0.102. The number of para-hydroxylation sites is 1. The van der Waals surface area contributed by atoms with Crippen LogP contribution in [0.4, 0.5) is 5.69 Å². The number of hydrogen-bond donors (Lipinski definition) is 1. The SMILES string of the molecule is Cc1cnc2c(NC(=O)c3ccccc3COc3ccccc3)cnn2c1. The molecule has 2 aromatic heterocycles. The van der Waals surface area contributed by atoms with Crippen molar-refractivity contribution in [1.82, 2.24) is 14.6 Å². The standard InChI is InChI=1S/C21H18N4O2/c1-15-11-22-20-19(12-23-25(20)13-15)24-21(26)18-10-6-5-7-16(18)14-27-17-8-3-2-4-9-17/h2-13H,14H2,1H3,(H,24,26). The number of nitrogens with one attached hydrogen (secondary N) is 1. The number of aryl methyl sites for hydroxylation is 1. The third kappa shape index (κ3) is 3.64. The van der Waals surface area contributed by atoms with Crippen LogP contribution in [0.15, 0.2) is 73.2 Å². The molecule has 0 saturated carbocycles. The molecule has 1 amide bonds. The molecule has 0 fully saturated rings. The van der Waals surface area contributed by atoms with Crippen molar-refractivity contribution in [3.63, 3.8) is 0 Å². The fourth-order valence-electron chi connectivity index (χ4n) is 2.79. The third-order valence-corrected chi connectivity index (χ3v) is 4.13. The molecule has 6 nitrogen and oxygen atoms in total. The lowest BCUT2D eigenvalue weighted by Crippen LogP contribution is -2.15. The topological polar surface area (TPSA) is 68.5 Å². The van der Waals surface area contributed by atoms with Crippen molar-refractivity contribution in [3.05, 3.63) is 89.9 Å². The number of anilines is 1. The van der Waals surface area contributed by atoms with Gasteiger partial charge in [0.25, 0.3) is 5.91 Å². The first-order valence-corrected chi connectivity index (χ1v) is 8.58. The van der Waals surface area contributed by atoms with E-state index in [1.165, 1.54) is 0 Å². The van der Waals surface area contributed by atoms with E-state index in [4.69, 9.17) is 4.74 Å². The summed E-state index contributed by atoms with van der Waals surface area (Å²) in [7, 11) is 0. The van der Waals surface area contributed by atoms with Crippen molar-refractivity contribution in [2.24, 2.45) is 0 Å². The first-order valence-electron chi connectivity index (χ1n) is 8.58. The lowest BCUT2D eigenvalue weighted by atomic mass is 10.1. The van der Waals surface area contributed by atoms with Crippen LogP contribution in [0.1, 0.15) is 21.5 Å². The van der Waals surface area contributed by atoms with E-state index < -0.39 is 0 Å². The second-order valence-corrected chi connectivity index (χ2v) is 6.17. The summed E-state index contributed by atoms with van der Waals surface area (Å²) in [6.07, 6.45) is 5.21. The molecule has 4 aromatic rings. The van der Waals surface area contributed by atoms with Gasteiger partial charge in [-0.05, 0) is 30.7 Å². The van der Waals surface area contributed by atoms with E-state index in [1.807, 2.05) is 61.7 Å². The number of rotatable bonds is 5. The number of benzene rings is 2. The monoisotopic (exact) mass is 358 g/mol. The molecule has 27 heavy (non-hydrogen) atoms. The molecular weight excluding hydrogens is 340 g/mol. The second kappa shape index (κ2) is 7.29. The van der Waals surface area contributed by atoms with Gasteiger partial charge in [-0.25, -0.2) is 9.50 Å². The van der Waals surface area contributed by atoms with Gasteiger partial charge in [-0.15, -0.1) is 0 Å². The predicted molar refractivity (Wildman–Crippen MR) is 103 cm³/mol. The normalized spacial score (nSPS) is 10.7. The van der Waals surface area contributed by atoms with Gasteiger partial charge >= 0.3 is 0 Å². The smallest absolute Gasteiger partial charge is 0.256 e. The van der Waals surface area contributed by atoms with Crippen LogP contribution in [0.25, 0.3) is 5.65 Å². The number of ether oxygens (including phenoxy) is 1. The van der Waals surface area contributed by atoms with Gasteiger partial charge in [0, 0.05) is 23.5 Å². The quantitative estimate of drug-likeness (QED) is 0.588. The van der Waals surface area contributed by atoms with E-state index in [9.17, 15) is 4.79 Å². The zero-order valence-corrected chi connectivity index (χ0v) is 14.8. The minimum atomic E-state index is -0.223. The first kappa shape index (κ1) is 16.8. The summed E-state index contributed by atoms with van der Waals surface area (Å²) in [5, 5.41) is 7.14. The molecule has 4 rings (SSSR count). The molecule has 0 spiro atoms. The summed E-state index contributed by atoms with van der Waals surface area (Å²) in [6.45, 7) is 2.25. The summed E-state index contributed by atoms with van der Waals surface area (Å²) >= 11 is 0. The molecule has 0 atom stereocenters. The van der Waals surface area contributed by atoms with Gasteiger partial charge < -0.3 is 10.1 Å². The number of amides is 1. The number of nitrogens with zero attached hydrogens (tertiary/aromatic N) is 3. The average Bonchev–Trinajstić information content (AvgIpc) is 3.09. The predicted octanol–water partition coefficient (Wildman–Crippen LogP) is 3.87. The van der Waals surface area contributed by atoms with E-state index in [0.717, 1.165) is 16.9 Å². The summed E-state index contributed by atoms with van der Waals surface area (Å²) in [4.78, 5) is 17.2. The van der Waals surface area contributed by atoms with Crippen molar-refractivity contribution in [1.29, 1.82) is 0 Å². The molecule has 0 bridgehead atoms. The first-order chi connectivity index (χ1) is 13.2. The van der Waals surface area contributed by atoms with Crippen LogP contribution in [0, 0.1) is 6.92 Å². The van der Waals surface area contributed by atoms with E-state index in [1.54, 1.807) is 23.0 Å². The highest BCUT2D eigenvalue weighted by Gasteiger charge is 2.14. The third-order valence-electron chi connectivity index (χ3n) is 4.13. The molecule has 0 radical (unpaired) electrons. The minimum Gasteiger partial charge on any atom is -0.489 e. The summed E-state index contributed by atoms with van der Waals surface area (Å²) < 4.78 is 7.44. The molecule has 134 valence electrons. The van der Waals surface area contributed by atoms with Gasteiger partial charge in [0.15, 0.2) is 5.65 Å². The van der Waals surface area contributed by atoms with Crippen molar-refractivity contribution in [3.8, 4) is 5.75 Å². The van der Waals surface area contributed by atoms with Crippen molar-refractivity contribution < 1.29 is 9.53 Å². The fraction of sp³-hybridized carbons (Fsp3) is 0.0952. The number of hydrogen-bond acceptors (Lipinski definition) is 4. The summed E-state index contributed by atoms with van der Waals surface area (Å²) in [6, 6.07) is 16.9. The molecule has 0 aliphatic carbocycles. The molecular formula is C21H18N4O2. The van der Waals surface area contributed by atoms with Gasteiger partial charge in [-0.1, -0.05) is 36.4 Å². The molecule has 0 aliphatic rings. The Morgan fingerprint density at radius 1 is 1.07 bits per heavy atom. The van der Waals surface area contributed by atoms with Crippen LogP contribution in [-0.2, 0) is 6.61 Å². The Bertz CT molecular complexity index is 1090.